The van der Waals surface area contributed by atoms with E-state index in [4.69, 9.17) is 9.47 Å². The van der Waals surface area contributed by atoms with Gasteiger partial charge in [-0.1, -0.05) is 0 Å². The van der Waals surface area contributed by atoms with Crippen molar-refractivity contribution in [3.8, 4) is 11.5 Å². The summed E-state index contributed by atoms with van der Waals surface area (Å²) in [5.41, 5.74) is 0. The van der Waals surface area contributed by atoms with Crippen molar-refractivity contribution in [1.82, 2.24) is 9.71 Å². The van der Waals surface area contributed by atoms with Crippen LogP contribution in [0, 0.1) is 5.92 Å². The second-order valence-corrected chi connectivity index (χ2v) is 8.78. The van der Waals surface area contributed by atoms with Gasteiger partial charge in [0.2, 0.25) is 10.0 Å². The van der Waals surface area contributed by atoms with Crippen molar-refractivity contribution in [3.63, 3.8) is 0 Å². The molecule has 1 N–H and O–H groups in total. The van der Waals surface area contributed by atoms with Gasteiger partial charge in [0, 0.05) is 37.3 Å². The third-order valence-electron chi connectivity index (χ3n) is 4.44. The lowest BCUT2D eigenvalue weighted by Gasteiger charge is -2.32. The molecule has 2 heterocycles. The van der Waals surface area contributed by atoms with Gasteiger partial charge in [0.05, 0.1) is 19.1 Å². The van der Waals surface area contributed by atoms with Crippen molar-refractivity contribution in [1.29, 1.82) is 0 Å². The van der Waals surface area contributed by atoms with Gasteiger partial charge in [0.25, 0.3) is 0 Å². The highest BCUT2D eigenvalue weighted by Gasteiger charge is 2.24. The number of rotatable bonds is 7. The van der Waals surface area contributed by atoms with E-state index in [1.165, 1.54) is 26.4 Å². The van der Waals surface area contributed by atoms with Crippen LogP contribution < -0.4 is 19.1 Å². The largest absolute Gasteiger partial charge is 0.493 e. The molecule has 1 aliphatic rings. The molecule has 7 nitrogen and oxygen atoms in total. The van der Waals surface area contributed by atoms with E-state index in [0.29, 0.717) is 18.0 Å². The van der Waals surface area contributed by atoms with Crippen molar-refractivity contribution in [2.75, 3.05) is 38.8 Å². The lowest BCUT2D eigenvalue weighted by Crippen LogP contribution is -2.41. The molecule has 1 aromatic carbocycles. The van der Waals surface area contributed by atoms with E-state index >= 15 is 0 Å². The molecule has 1 saturated heterocycles. The fourth-order valence-corrected chi connectivity index (χ4v) is 4.88. The van der Waals surface area contributed by atoms with E-state index in [-0.39, 0.29) is 10.8 Å². The van der Waals surface area contributed by atoms with Crippen LogP contribution in [0.25, 0.3) is 0 Å². The van der Waals surface area contributed by atoms with Crippen LogP contribution in [0.2, 0.25) is 0 Å². The number of thiazole rings is 1. The Bertz CT molecular complexity index is 825. The Labute approximate surface area is 158 Å². The van der Waals surface area contributed by atoms with Gasteiger partial charge in [-0.05, 0) is 30.9 Å². The molecule has 0 bridgehead atoms. The molecule has 0 saturated carbocycles. The van der Waals surface area contributed by atoms with Crippen LogP contribution >= 0.6 is 11.3 Å². The molecule has 1 aliphatic heterocycles. The maximum Gasteiger partial charge on any atom is 0.240 e. The van der Waals surface area contributed by atoms with Crippen molar-refractivity contribution in [2.45, 2.75) is 17.7 Å². The number of methoxy groups -OCH3 is 2. The number of sulfonamides is 1. The minimum absolute atomic E-state index is 0.169. The molecular formula is C17H23N3O4S2. The van der Waals surface area contributed by atoms with Crippen LogP contribution in [-0.2, 0) is 10.0 Å². The van der Waals surface area contributed by atoms with E-state index < -0.39 is 10.0 Å². The number of ether oxygens (including phenoxy) is 2. The summed E-state index contributed by atoms with van der Waals surface area (Å²) in [6, 6.07) is 4.59. The molecule has 0 aliphatic carbocycles. The number of benzene rings is 1. The number of nitrogens with one attached hydrogen (secondary N) is 1. The molecule has 142 valence electrons. The zero-order valence-corrected chi connectivity index (χ0v) is 16.5. The summed E-state index contributed by atoms with van der Waals surface area (Å²) in [5, 5.41) is 2.95. The minimum atomic E-state index is -3.61. The molecule has 0 radical (unpaired) electrons. The highest BCUT2D eigenvalue weighted by Crippen LogP contribution is 2.29. The average Bonchev–Trinajstić information content (AvgIpc) is 3.21. The summed E-state index contributed by atoms with van der Waals surface area (Å²) in [4.78, 5) is 6.74. The number of anilines is 1. The Balaban J connectivity index is 1.64. The number of hydrogen-bond acceptors (Lipinski definition) is 7. The van der Waals surface area contributed by atoms with E-state index in [1.54, 1.807) is 23.6 Å². The Morgan fingerprint density at radius 3 is 2.81 bits per heavy atom. The smallest absolute Gasteiger partial charge is 0.240 e. The number of piperidine rings is 1. The van der Waals surface area contributed by atoms with Gasteiger partial charge in [0.15, 0.2) is 16.6 Å². The molecule has 1 fully saturated rings. The Kier molecular flexibility index (Phi) is 6.00. The molecule has 3 rings (SSSR count). The zero-order chi connectivity index (χ0) is 18.6. The Hall–Kier alpha value is -1.84. The van der Waals surface area contributed by atoms with Gasteiger partial charge in [-0.2, -0.15) is 0 Å². The van der Waals surface area contributed by atoms with Crippen LogP contribution in [0.15, 0.2) is 34.7 Å². The Morgan fingerprint density at radius 2 is 2.12 bits per heavy atom. The third-order valence-corrected chi connectivity index (χ3v) is 6.69. The SMILES string of the molecule is COc1ccc(S(=O)(=O)NCC2CCCN(c3nccs3)C2)cc1OC. The van der Waals surface area contributed by atoms with Crippen LogP contribution in [0.4, 0.5) is 5.13 Å². The second kappa shape index (κ2) is 8.24. The maximum atomic E-state index is 12.6. The summed E-state index contributed by atoms with van der Waals surface area (Å²) in [6.45, 7) is 2.17. The van der Waals surface area contributed by atoms with E-state index in [0.717, 1.165) is 31.1 Å². The number of hydrogen-bond donors (Lipinski definition) is 1. The molecule has 1 unspecified atom stereocenters. The van der Waals surface area contributed by atoms with E-state index in [9.17, 15) is 8.42 Å². The van der Waals surface area contributed by atoms with Crippen LogP contribution in [0.1, 0.15) is 12.8 Å². The Morgan fingerprint density at radius 1 is 1.31 bits per heavy atom. The zero-order valence-electron chi connectivity index (χ0n) is 14.8. The molecule has 9 heteroatoms. The first-order valence-corrected chi connectivity index (χ1v) is 10.8. The molecule has 2 aromatic rings. The van der Waals surface area contributed by atoms with Gasteiger partial charge in [-0.3, -0.25) is 0 Å². The summed E-state index contributed by atoms with van der Waals surface area (Å²) in [5.74, 6) is 1.14. The monoisotopic (exact) mass is 397 g/mol. The van der Waals surface area contributed by atoms with Gasteiger partial charge in [0.1, 0.15) is 0 Å². The molecular weight excluding hydrogens is 374 g/mol. The van der Waals surface area contributed by atoms with E-state index in [2.05, 4.69) is 14.6 Å². The first-order valence-electron chi connectivity index (χ1n) is 8.39. The van der Waals surface area contributed by atoms with Gasteiger partial charge in [-0.15, -0.1) is 11.3 Å². The predicted octanol–water partition coefficient (Wildman–Crippen LogP) is 2.36. The first-order chi connectivity index (χ1) is 12.5. The van der Waals surface area contributed by atoms with Crippen molar-refractivity contribution < 1.29 is 17.9 Å². The van der Waals surface area contributed by atoms with Gasteiger partial charge in [-0.25, -0.2) is 18.1 Å². The third kappa shape index (κ3) is 4.28. The van der Waals surface area contributed by atoms with Crippen molar-refractivity contribution >= 4 is 26.5 Å². The lowest BCUT2D eigenvalue weighted by molar-refractivity contribution is 0.354. The van der Waals surface area contributed by atoms with Gasteiger partial charge >= 0.3 is 0 Å². The number of nitrogens with zero attached hydrogens (tertiary/aromatic N) is 2. The van der Waals surface area contributed by atoms with Crippen LogP contribution in [0.3, 0.4) is 0 Å². The highest BCUT2D eigenvalue weighted by molar-refractivity contribution is 7.89. The van der Waals surface area contributed by atoms with Crippen LogP contribution in [-0.4, -0.2) is 47.3 Å². The van der Waals surface area contributed by atoms with Crippen molar-refractivity contribution in [3.05, 3.63) is 29.8 Å². The predicted molar refractivity (Wildman–Crippen MR) is 102 cm³/mol. The summed E-state index contributed by atoms with van der Waals surface area (Å²) in [7, 11) is -0.607. The normalized spacial score (nSPS) is 17.9. The summed E-state index contributed by atoms with van der Waals surface area (Å²) in [6.07, 6.45) is 3.82. The van der Waals surface area contributed by atoms with E-state index in [1.807, 2.05) is 5.38 Å². The highest BCUT2D eigenvalue weighted by atomic mass is 32.2. The topological polar surface area (TPSA) is 80.8 Å². The average molecular weight is 398 g/mol. The molecule has 1 atom stereocenters. The molecule has 0 amide bonds. The maximum absolute atomic E-state index is 12.6. The number of aromatic nitrogens is 1. The second-order valence-electron chi connectivity index (χ2n) is 6.14. The fraction of sp³-hybridized carbons (Fsp3) is 0.471. The summed E-state index contributed by atoms with van der Waals surface area (Å²) >= 11 is 1.61. The molecule has 0 spiro atoms. The standard InChI is InChI=1S/C17H23N3O4S2/c1-23-15-6-5-14(10-16(15)24-2)26(21,22)19-11-13-4-3-8-20(12-13)17-18-7-9-25-17/h5-7,9-10,13,19H,3-4,8,11-12H2,1-2H3. The van der Waals surface area contributed by atoms with Gasteiger partial charge < -0.3 is 14.4 Å². The molecule has 1 aromatic heterocycles. The molecule has 26 heavy (non-hydrogen) atoms. The first kappa shape index (κ1) is 18.9. The van der Waals surface area contributed by atoms with Crippen molar-refractivity contribution in [2.24, 2.45) is 5.92 Å². The summed E-state index contributed by atoms with van der Waals surface area (Å²) < 4.78 is 38.3. The fourth-order valence-electron chi connectivity index (χ4n) is 3.07. The quantitative estimate of drug-likeness (QED) is 0.772. The minimum Gasteiger partial charge on any atom is -0.493 e. The lowest BCUT2D eigenvalue weighted by atomic mass is 9.99. The van der Waals surface area contributed by atoms with Crippen LogP contribution in [0.5, 0.6) is 11.5 Å².